The molecule has 0 saturated heterocycles. The SMILES string of the molecule is NCc1nc[nH]c1CN(C1CCCc2cccnc21)C(c1ncc[nH]1)C1C=CC=CC1. The Bertz CT molecular complexity index is 1050. The molecule has 5 rings (SSSR count). The van der Waals surface area contributed by atoms with E-state index in [1.54, 1.807) is 6.33 Å². The van der Waals surface area contributed by atoms with E-state index in [0.29, 0.717) is 19.0 Å². The Kier molecular flexibility index (Phi) is 5.78. The summed E-state index contributed by atoms with van der Waals surface area (Å²) in [6.07, 6.45) is 20.5. The first-order chi connectivity index (χ1) is 15.3. The van der Waals surface area contributed by atoms with Crippen molar-refractivity contribution in [1.29, 1.82) is 0 Å². The van der Waals surface area contributed by atoms with Crippen LogP contribution in [0.5, 0.6) is 0 Å². The van der Waals surface area contributed by atoms with Gasteiger partial charge in [0.1, 0.15) is 5.82 Å². The normalized spacial score (nSPS) is 21.4. The Morgan fingerprint density at radius 3 is 2.94 bits per heavy atom. The lowest BCUT2D eigenvalue weighted by Crippen LogP contribution is -2.39. The van der Waals surface area contributed by atoms with Crippen LogP contribution < -0.4 is 5.73 Å². The molecule has 4 N–H and O–H groups in total. The highest BCUT2D eigenvalue weighted by Crippen LogP contribution is 2.42. The number of H-pyrrole nitrogens is 2. The van der Waals surface area contributed by atoms with Gasteiger partial charge < -0.3 is 15.7 Å². The number of fused-ring (bicyclic) bond motifs is 1. The molecule has 3 atom stereocenters. The lowest BCUT2D eigenvalue weighted by atomic mass is 9.85. The number of aryl methyl sites for hydroxylation is 1. The Labute approximate surface area is 182 Å². The van der Waals surface area contributed by atoms with Gasteiger partial charge >= 0.3 is 0 Å². The van der Waals surface area contributed by atoms with Gasteiger partial charge in [0, 0.05) is 37.6 Å². The van der Waals surface area contributed by atoms with Gasteiger partial charge in [-0.15, -0.1) is 0 Å². The predicted octanol–water partition coefficient (Wildman–Crippen LogP) is 3.74. The molecule has 31 heavy (non-hydrogen) atoms. The molecule has 160 valence electrons. The Hall–Kier alpha value is -3.03. The minimum absolute atomic E-state index is 0.0862. The number of nitrogens with two attached hydrogens (primary N) is 1. The van der Waals surface area contributed by atoms with Crippen LogP contribution in [0.4, 0.5) is 0 Å². The van der Waals surface area contributed by atoms with E-state index in [-0.39, 0.29) is 12.1 Å². The van der Waals surface area contributed by atoms with Gasteiger partial charge in [0.15, 0.2) is 0 Å². The maximum Gasteiger partial charge on any atom is 0.124 e. The quantitative estimate of drug-likeness (QED) is 0.546. The Morgan fingerprint density at radius 1 is 1.16 bits per heavy atom. The fourth-order valence-electron chi connectivity index (χ4n) is 5.03. The van der Waals surface area contributed by atoms with Crippen LogP contribution in [0.2, 0.25) is 0 Å². The van der Waals surface area contributed by atoms with Gasteiger partial charge in [-0.05, 0) is 37.3 Å². The second kappa shape index (κ2) is 8.99. The molecular weight excluding hydrogens is 386 g/mol. The van der Waals surface area contributed by atoms with E-state index in [4.69, 9.17) is 15.7 Å². The highest BCUT2D eigenvalue weighted by atomic mass is 15.2. The van der Waals surface area contributed by atoms with Crippen LogP contribution in [0, 0.1) is 5.92 Å². The minimum atomic E-state index is 0.0862. The molecule has 0 saturated carbocycles. The largest absolute Gasteiger partial charge is 0.347 e. The van der Waals surface area contributed by atoms with Crippen molar-refractivity contribution in [1.82, 2.24) is 29.8 Å². The van der Waals surface area contributed by atoms with E-state index < -0.39 is 0 Å². The van der Waals surface area contributed by atoms with Crippen molar-refractivity contribution >= 4 is 0 Å². The average Bonchev–Trinajstić information content (AvgIpc) is 3.51. The number of aromatic amines is 2. The number of imidazole rings is 2. The van der Waals surface area contributed by atoms with Crippen LogP contribution >= 0.6 is 0 Å². The molecule has 0 bridgehead atoms. The second-order valence-electron chi connectivity index (χ2n) is 8.29. The van der Waals surface area contributed by atoms with Gasteiger partial charge in [-0.2, -0.15) is 0 Å². The molecule has 0 amide bonds. The number of aromatic nitrogens is 5. The van der Waals surface area contributed by atoms with Crippen LogP contribution in [0.1, 0.15) is 59.8 Å². The number of nitrogens with zero attached hydrogens (tertiary/aromatic N) is 4. The third-order valence-corrected chi connectivity index (χ3v) is 6.48. The summed E-state index contributed by atoms with van der Waals surface area (Å²) >= 11 is 0. The summed E-state index contributed by atoms with van der Waals surface area (Å²) in [5, 5.41) is 0. The monoisotopic (exact) mass is 415 g/mol. The first-order valence-electron chi connectivity index (χ1n) is 11.1. The van der Waals surface area contributed by atoms with E-state index in [9.17, 15) is 0 Å². The molecule has 0 radical (unpaired) electrons. The Morgan fingerprint density at radius 2 is 2.13 bits per heavy atom. The molecule has 0 fully saturated rings. The summed E-state index contributed by atoms with van der Waals surface area (Å²) in [5.41, 5.74) is 10.5. The summed E-state index contributed by atoms with van der Waals surface area (Å²) < 4.78 is 0. The molecule has 7 nitrogen and oxygen atoms in total. The summed E-state index contributed by atoms with van der Waals surface area (Å²) in [7, 11) is 0. The van der Waals surface area contributed by atoms with Crippen molar-refractivity contribution in [2.45, 2.75) is 50.9 Å². The fourth-order valence-corrected chi connectivity index (χ4v) is 5.03. The van der Waals surface area contributed by atoms with Gasteiger partial charge in [0.05, 0.1) is 35.5 Å². The Balaban J connectivity index is 1.60. The number of pyridine rings is 1. The maximum absolute atomic E-state index is 5.99. The first kappa shape index (κ1) is 19.9. The van der Waals surface area contributed by atoms with E-state index in [1.165, 1.54) is 11.3 Å². The van der Waals surface area contributed by atoms with Gasteiger partial charge in [0.2, 0.25) is 0 Å². The lowest BCUT2D eigenvalue weighted by molar-refractivity contribution is 0.0745. The fraction of sp³-hybridized carbons (Fsp3) is 0.375. The van der Waals surface area contributed by atoms with Crippen LogP contribution in [-0.4, -0.2) is 29.8 Å². The molecule has 0 spiro atoms. The third kappa shape index (κ3) is 3.98. The minimum Gasteiger partial charge on any atom is -0.347 e. The van der Waals surface area contributed by atoms with Gasteiger partial charge in [-0.25, -0.2) is 9.97 Å². The number of rotatable bonds is 7. The summed E-state index contributed by atoms with van der Waals surface area (Å²) in [4.78, 5) is 23.3. The average molecular weight is 416 g/mol. The van der Waals surface area contributed by atoms with Gasteiger partial charge in [-0.1, -0.05) is 30.4 Å². The van der Waals surface area contributed by atoms with Crippen molar-refractivity contribution in [2.75, 3.05) is 0 Å². The zero-order chi connectivity index (χ0) is 21.0. The highest BCUT2D eigenvalue weighted by molar-refractivity contribution is 5.27. The maximum atomic E-state index is 5.99. The smallest absolute Gasteiger partial charge is 0.124 e. The van der Waals surface area contributed by atoms with Crippen molar-refractivity contribution in [3.8, 4) is 0 Å². The van der Waals surface area contributed by atoms with Crippen molar-refractivity contribution in [2.24, 2.45) is 11.7 Å². The predicted molar refractivity (Wildman–Crippen MR) is 120 cm³/mol. The number of hydrogen-bond donors (Lipinski definition) is 3. The van der Waals surface area contributed by atoms with E-state index in [1.807, 2.05) is 24.7 Å². The van der Waals surface area contributed by atoms with Crippen molar-refractivity contribution in [3.63, 3.8) is 0 Å². The topological polar surface area (TPSA) is 99.5 Å². The number of allylic oxidation sites excluding steroid dienone is 3. The molecule has 0 aromatic carbocycles. The van der Waals surface area contributed by atoms with Crippen LogP contribution in [0.3, 0.4) is 0 Å². The highest BCUT2D eigenvalue weighted by Gasteiger charge is 2.37. The van der Waals surface area contributed by atoms with Crippen molar-refractivity contribution in [3.05, 3.63) is 89.8 Å². The summed E-state index contributed by atoms with van der Waals surface area (Å²) in [5.74, 6) is 1.30. The molecule has 2 aliphatic carbocycles. The molecule has 3 unspecified atom stereocenters. The van der Waals surface area contributed by atoms with Crippen LogP contribution in [-0.2, 0) is 19.5 Å². The summed E-state index contributed by atoms with van der Waals surface area (Å²) in [6, 6.07) is 4.56. The molecule has 2 aliphatic rings. The number of nitrogens with one attached hydrogen (secondary N) is 2. The molecule has 3 heterocycles. The molecule has 3 aromatic heterocycles. The molecular formula is C24H29N7. The summed E-state index contributed by atoms with van der Waals surface area (Å²) in [6.45, 7) is 1.14. The number of hydrogen-bond acceptors (Lipinski definition) is 5. The molecule has 0 aliphatic heterocycles. The van der Waals surface area contributed by atoms with E-state index >= 15 is 0 Å². The third-order valence-electron chi connectivity index (χ3n) is 6.48. The van der Waals surface area contributed by atoms with E-state index in [0.717, 1.165) is 42.9 Å². The molecule has 7 heteroatoms. The van der Waals surface area contributed by atoms with Gasteiger partial charge in [-0.3, -0.25) is 9.88 Å². The first-order valence-corrected chi connectivity index (χ1v) is 11.1. The standard InChI is InChI=1S/C24H29N7/c25-14-19-20(30-16-29-19)15-31(21-10-4-8-17-9-5-11-26-22(17)21)23(24-27-12-13-28-24)18-6-2-1-3-7-18/h1-3,5-6,9,11-13,16,18,21,23H,4,7-8,10,14-15,25H2,(H,27,28)(H,29,30). The van der Waals surface area contributed by atoms with Crippen molar-refractivity contribution < 1.29 is 0 Å². The van der Waals surface area contributed by atoms with Crippen LogP contribution in [0.25, 0.3) is 0 Å². The second-order valence-corrected chi connectivity index (χ2v) is 8.29. The van der Waals surface area contributed by atoms with Gasteiger partial charge in [0.25, 0.3) is 0 Å². The van der Waals surface area contributed by atoms with Crippen LogP contribution in [0.15, 0.2) is 61.4 Å². The zero-order valence-corrected chi connectivity index (χ0v) is 17.6. The lowest BCUT2D eigenvalue weighted by Gasteiger charge is -2.42. The van der Waals surface area contributed by atoms with E-state index in [2.05, 4.69) is 50.2 Å². The zero-order valence-electron chi connectivity index (χ0n) is 17.6. The molecule has 3 aromatic rings.